The third-order valence-electron chi connectivity index (χ3n) is 2.85. The Morgan fingerprint density at radius 1 is 1.47 bits per heavy atom. The summed E-state index contributed by atoms with van der Waals surface area (Å²) in [5.41, 5.74) is 8.81. The van der Waals surface area contributed by atoms with Crippen LogP contribution >= 0.6 is 0 Å². The van der Waals surface area contributed by atoms with Gasteiger partial charge in [-0.2, -0.15) is 0 Å². The minimum Gasteiger partial charge on any atom is -0.489 e. The van der Waals surface area contributed by atoms with Gasteiger partial charge in [-0.25, -0.2) is 0 Å². The lowest BCUT2D eigenvalue weighted by molar-refractivity contribution is -0.119. The van der Waals surface area contributed by atoms with Crippen LogP contribution < -0.4 is 10.5 Å². The van der Waals surface area contributed by atoms with Gasteiger partial charge in [0, 0.05) is 6.42 Å². The second-order valence-electron chi connectivity index (χ2n) is 4.16. The van der Waals surface area contributed by atoms with Gasteiger partial charge in [0.15, 0.2) is 0 Å². The number of hydrogen-bond donors (Lipinski definition) is 1. The van der Waals surface area contributed by atoms with Gasteiger partial charge in [0.05, 0.1) is 6.42 Å². The molecule has 3 nitrogen and oxygen atoms in total. The molecule has 3 heteroatoms. The van der Waals surface area contributed by atoms with Gasteiger partial charge in [-0.05, 0) is 36.6 Å². The summed E-state index contributed by atoms with van der Waals surface area (Å²) in [5.74, 6) is 0.602. The number of amides is 1. The van der Waals surface area contributed by atoms with E-state index in [0.29, 0.717) is 6.42 Å². The molecule has 1 aromatic rings. The number of aryl methyl sites for hydroxylation is 2. The number of primary amides is 1. The van der Waals surface area contributed by atoms with Crippen LogP contribution in [0.1, 0.15) is 23.1 Å². The van der Waals surface area contributed by atoms with Crippen molar-refractivity contribution in [1.82, 2.24) is 0 Å². The van der Waals surface area contributed by atoms with Crippen molar-refractivity contribution in [1.29, 1.82) is 0 Å². The number of carbonyl (C=O) groups excluding carboxylic acids is 1. The van der Waals surface area contributed by atoms with E-state index in [1.807, 2.05) is 6.07 Å². The average Bonchev–Trinajstić information content (AvgIpc) is 2.46. The van der Waals surface area contributed by atoms with Crippen LogP contribution in [0.2, 0.25) is 0 Å². The van der Waals surface area contributed by atoms with Crippen molar-refractivity contribution < 1.29 is 9.53 Å². The molecule has 1 aromatic carbocycles. The SMILES string of the molecule is Cc1cc2c(cc1C)OC(CC(N)=O)C2. The molecule has 1 atom stereocenters. The first-order valence-electron chi connectivity index (χ1n) is 5.11. The van der Waals surface area contributed by atoms with Crippen LogP contribution in [0.25, 0.3) is 0 Å². The van der Waals surface area contributed by atoms with Gasteiger partial charge in [-0.1, -0.05) is 6.07 Å². The molecule has 1 aliphatic rings. The van der Waals surface area contributed by atoms with E-state index in [4.69, 9.17) is 10.5 Å². The largest absolute Gasteiger partial charge is 0.489 e. The van der Waals surface area contributed by atoms with Crippen LogP contribution in [-0.2, 0) is 11.2 Å². The quantitative estimate of drug-likeness (QED) is 0.795. The minimum absolute atomic E-state index is 0.0706. The highest BCUT2D eigenvalue weighted by Crippen LogP contribution is 2.32. The highest BCUT2D eigenvalue weighted by molar-refractivity contribution is 5.74. The summed E-state index contributed by atoms with van der Waals surface area (Å²) in [6.07, 6.45) is 1.02. The third-order valence-corrected chi connectivity index (χ3v) is 2.85. The van der Waals surface area contributed by atoms with E-state index in [1.54, 1.807) is 0 Å². The fourth-order valence-electron chi connectivity index (χ4n) is 1.92. The summed E-state index contributed by atoms with van der Waals surface area (Å²) in [6, 6.07) is 4.16. The summed E-state index contributed by atoms with van der Waals surface area (Å²) < 4.78 is 5.65. The number of carbonyl (C=O) groups is 1. The second kappa shape index (κ2) is 3.57. The number of fused-ring (bicyclic) bond motifs is 1. The molecule has 1 heterocycles. The summed E-state index contributed by atoms with van der Waals surface area (Å²) in [7, 11) is 0. The molecule has 0 aliphatic carbocycles. The van der Waals surface area contributed by atoms with Crippen molar-refractivity contribution in [2.45, 2.75) is 32.8 Å². The molecule has 0 bridgehead atoms. The Balaban J connectivity index is 2.20. The Kier molecular flexibility index (Phi) is 2.39. The molecule has 1 amide bonds. The Labute approximate surface area is 89.2 Å². The number of benzene rings is 1. The molecule has 1 aliphatic heterocycles. The van der Waals surface area contributed by atoms with Crippen molar-refractivity contribution in [3.63, 3.8) is 0 Å². The minimum atomic E-state index is -0.304. The van der Waals surface area contributed by atoms with E-state index in [1.165, 1.54) is 16.7 Å². The molecule has 2 rings (SSSR count). The van der Waals surface area contributed by atoms with Gasteiger partial charge in [0.2, 0.25) is 5.91 Å². The zero-order chi connectivity index (χ0) is 11.0. The zero-order valence-electron chi connectivity index (χ0n) is 9.04. The van der Waals surface area contributed by atoms with Gasteiger partial charge in [-0.15, -0.1) is 0 Å². The summed E-state index contributed by atoms with van der Waals surface area (Å²) >= 11 is 0. The van der Waals surface area contributed by atoms with Crippen molar-refractivity contribution in [2.24, 2.45) is 5.73 Å². The summed E-state index contributed by atoms with van der Waals surface area (Å²) in [5, 5.41) is 0. The highest BCUT2D eigenvalue weighted by atomic mass is 16.5. The predicted molar refractivity (Wildman–Crippen MR) is 57.8 cm³/mol. The molecular formula is C12H15NO2. The molecule has 0 saturated carbocycles. The van der Waals surface area contributed by atoms with E-state index in [2.05, 4.69) is 19.9 Å². The van der Waals surface area contributed by atoms with E-state index in [9.17, 15) is 4.79 Å². The smallest absolute Gasteiger partial charge is 0.221 e. The Hall–Kier alpha value is -1.51. The van der Waals surface area contributed by atoms with Crippen LogP contribution in [0, 0.1) is 13.8 Å². The van der Waals surface area contributed by atoms with Gasteiger partial charge in [0.1, 0.15) is 11.9 Å². The zero-order valence-corrected chi connectivity index (χ0v) is 9.04. The Bertz CT molecular complexity index is 381. The number of nitrogens with two attached hydrogens (primary N) is 1. The van der Waals surface area contributed by atoms with Crippen molar-refractivity contribution in [3.8, 4) is 5.75 Å². The van der Waals surface area contributed by atoms with Crippen molar-refractivity contribution >= 4 is 5.91 Å². The number of ether oxygens (including phenoxy) is 1. The maximum absolute atomic E-state index is 10.8. The topological polar surface area (TPSA) is 52.3 Å². The molecule has 0 fully saturated rings. The van der Waals surface area contributed by atoms with Gasteiger partial charge in [0.25, 0.3) is 0 Å². The molecule has 0 spiro atoms. The Morgan fingerprint density at radius 3 is 2.80 bits per heavy atom. The molecule has 15 heavy (non-hydrogen) atoms. The number of hydrogen-bond acceptors (Lipinski definition) is 2. The predicted octanol–water partition coefficient (Wildman–Crippen LogP) is 1.48. The maximum Gasteiger partial charge on any atom is 0.221 e. The van der Waals surface area contributed by atoms with Crippen LogP contribution in [0.5, 0.6) is 5.75 Å². The van der Waals surface area contributed by atoms with E-state index < -0.39 is 0 Å². The lowest BCUT2D eigenvalue weighted by Gasteiger charge is -2.07. The first-order valence-corrected chi connectivity index (χ1v) is 5.11. The van der Waals surface area contributed by atoms with Crippen LogP contribution in [-0.4, -0.2) is 12.0 Å². The second-order valence-corrected chi connectivity index (χ2v) is 4.16. The van der Waals surface area contributed by atoms with Crippen LogP contribution in [0.4, 0.5) is 0 Å². The molecule has 1 unspecified atom stereocenters. The Morgan fingerprint density at radius 2 is 2.13 bits per heavy atom. The van der Waals surface area contributed by atoms with Gasteiger partial charge >= 0.3 is 0 Å². The fraction of sp³-hybridized carbons (Fsp3) is 0.417. The molecule has 2 N–H and O–H groups in total. The molecule has 0 aromatic heterocycles. The first kappa shape index (κ1) is 10.0. The third kappa shape index (κ3) is 1.96. The summed E-state index contributed by atoms with van der Waals surface area (Å²) in [6.45, 7) is 4.14. The first-order chi connectivity index (χ1) is 7.06. The van der Waals surface area contributed by atoms with Crippen molar-refractivity contribution in [2.75, 3.05) is 0 Å². The molecule has 80 valence electrons. The monoisotopic (exact) mass is 205 g/mol. The van der Waals surface area contributed by atoms with Crippen LogP contribution in [0.3, 0.4) is 0 Å². The number of rotatable bonds is 2. The standard InChI is InChI=1S/C12H15NO2/c1-7-3-9-5-10(6-12(13)14)15-11(9)4-8(7)2/h3-4,10H,5-6H2,1-2H3,(H2,13,14). The van der Waals surface area contributed by atoms with E-state index in [-0.39, 0.29) is 12.0 Å². The highest BCUT2D eigenvalue weighted by Gasteiger charge is 2.24. The normalized spacial score (nSPS) is 18.4. The van der Waals surface area contributed by atoms with E-state index in [0.717, 1.165) is 12.2 Å². The molecule has 0 radical (unpaired) electrons. The van der Waals surface area contributed by atoms with Crippen LogP contribution in [0.15, 0.2) is 12.1 Å². The van der Waals surface area contributed by atoms with Crippen molar-refractivity contribution in [3.05, 3.63) is 28.8 Å². The summed E-state index contributed by atoms with van der Waals surface area (Å²) in [4.78, 5) is 10.8. The average molecular weight is 205 g/mol. The van der Waals surface area contributed by atoms with Gasteiger partial charge < -0.3 is 10.5 Å². The lowest BCUT2D eigenvalue weighted by atomic mass is 10.0. The maximum atomic E-state index is 10.8. The molecular weight excluding hydrogens is 190 g/mol. The fourth-order valence-corrected chi connectivity index (χ4v) is 1.92. The van der Waals surface area contributed by atoms with E-state index >= 15 is 0 Å². The lowest BCUT2D eigenvalue weighted by Crippen LogP contribution is -2.23. The molecule has 0 saturated heterocycles. The van der Waals surface area contributed by atoms with Gasteiger partial charge in [-0.3, -0.25) is 4.79 Å².